The van der Waals surface area contributed by atoms with E-state index >= 15 is 0 Å². The van der Waals surface area contributed by atoms with E-state index in [1.54, 1.807) is 16.2 Å². The van der Waals surface area contributed by atoms with Gasteiger partial charge in [0, 0.05) is 44.5 Å². The summed E-state index contributed by atoms with van der Waals surface area (Å²) in [6.07, 6.45) is 4.69. The van der Waals surface area contributed by atoms with Crippen molar-refractivity contribution in [1.29, 1.82) is 0 Å². The van der Waals surface area contributed by atoms with Crippen molar-refractivity contribution < 1.29 is 4.79 Å². The molecule has 0 radical (unpaired) electrons. The van der Waals surface area contributed by atoms with Crippen LogP contribution in [0.4, 0.5) is 9.93 Å². The van der Waals surface area contributed by atoms with E-state index in [-0.39, 0.29) is 6.03 Å². The van der Waals surface area contributed by atoms with Crippen molar-refractivity contribution in [3.05, 3.63) is 11.1 Å². The number of hydrogen-bond donors (Lipinski definition) is 1. The second kappa shape index (κ2) is 8.22. The zero-order chi connectivity index (χ0) is 15.1. The smallest absolute Gasteiger partial charge is 0.317 e. The average molecular weight is 310 g/mol. The van der Waals surface area contributed by atoms with Crippen LogP contribution in [0.15, 0.2) is 5.38 Å². The Balaban J connectivity index is 1.76. The lowest BCUT2D eigenvalue weighted by Gasteiger charge is -2.25. The molecule has 2 rings (SSSR count). The molecular weight excluding hydrogens is 284 g/mol. The summed E-state index contributed by atoms with van der Waals surface area (Å²) in [4.78, 5) is 20.7. The molecule has 1 aliphatic rings. The molecule has 118 valence electrons. The Morgan fingerprint density at radius 1 is 1.33 bits per heavy atom. The largest absolute Gasteiger partial charge is 0.348 e. The Kier molecular flexibility index (Phi) is 6.29. The van der Waals surface area contributed by atoms with Crippen LogP contribution in [0.5, 0.6) is 0 Å². The Morgan fingerprint density at radius 2 is 2.05 bits per heavy atom. The fraction of sp³-hybridized carbons (Fsp3) is 0.733. The summed E-state index contributed by atoms with van der Waals surface area (Å²) >= 11 is 1.72. The van der Waals surface area contributed by atoms with Gasteiger partial charge in [-0.1, -0.05) is 0 Å². The molecule has 1 saturated heterocycles. The highest BCUT2D eigenvalue weighted by molar-refractivity contribution is 7.13. The third kappa shape index (κ3) is 4.59. The van der Waals surface area contributed by atoms with Crippen molar-refractivity contribution in [2.75, 3.05) is 37.6 Å². The van der Waals surface area contributed by atoms with Crippen molar-refractivity contribution in [1.82, 2.24) is 15.2 Å². The van der Waals surface area contributed by atoms with Gasteiger partial charge >= 0.3 is 6.03 Å². The average Bonchev–Trinajstić information content (AvgIpc) is 2.98. The van der Waals surface area contributed by atoms with Gasteiger partial charge in [-0.25, -0.2) is 9.78 Å². The van der Waals surface area contributed by atoms with E-state index in [1.165, 1.54) is 19.3 Å². The summed E-state index contributed by atoms with van der Waals surface area (Å²) in [6, 6.07) is 0.0199. The lowest BCUT2D eigenvalue weighted by Crippen LogP contribution is -2.40. The molecule has 1 fully saturated rings. The first-order valence-electron chi connectivity index (χ1n) is 7.96. The van der Waals surface area contributed by atoms with Crippen LogP contribution in [-0.2, 0) is 6.42 Å². The van der Waals surface area contributed by atoms with E-state index in [1.807, 2.05) is 13.8 Å². The van der Waals surface area contributed by atoms with E-state index in [4.69, 9.17) is 4.98 Å². The summed E-state index contributed by atoms with van der Waals surface area (Å²) in [5.74, 6) is 0. The zero-order valence-corrected chi connectivity index (χ0v) is 13.9. The summed E-state index contributed by atoms with van der Waals surface area (Å²) in [5, 5.41) is 6.22. The number of piperidine rings is 1. The number of anilines is 1. The van der Waals surface area contributed by atoms with Crippen molar-refractivity contribution in [2.45, 2.75) is 39.5 Å². The fourth-order valence-corrected chi connectivity index (χ4v) is 3.48. The van der Waals surface area contributed by atoms with Gasteiger partial charge < -0.3 is 15.1 Å². The minimum Gasteiger partial charge on any atom is -0.348 e. The predicted octanol–water partition coefficient (Wildman–Crippen LogP) is 2.73. The Hall–Kier alpha value is -1.30. The van der Waals surface area contributed by atoms with E-state index in [2.05, 4.69) is 15.6 Å². The first-order chi connectivity index (χ1) is 10.2. The van der Waals surface area contributed by atoms with Crippen LogP contribution in [0.25, 0.3) is 0 Å². The van der Waals surface area contributed by atoms with Crippen LogP contribution in [0.2, 0.25) is 0 Å². The van der Waals surface area contributed by atoms with Crippen LogP contribution in [-0.4, -0.2) is 48.6 Å². The highest BCUT2D eigenvalue weighted by atomic mass is 32.1. The van der Waals surface area contributed by atoms with Crippen LogP contribution >= 0.6 is 11.3 Å². The van der Waals surface area contributed by atoms with Crippen LogP contribution in [0.3, 0.4) is 0 Å². The van der Waals surface area contributed by atoms with E-state index in [0.717, 1.165) is 43.4 Å². The van der Waals surface area contributed by atoms with Crippen LogP contribution < -0.4 is 10.2 Å². The molecule has 0 saturated carbocycles. The Bertz CT molecular complexity index is 439. The molecule has 1 aromatic heterocycles. The molecule has 0 unspecified atom stereocenters. The van der Waals surface area contributed by atoms with Gasteiger partial charge in [-0.05, 0) is 33.1 Å². The van der Waals surface area contributed by atoms with Crippen LogP contribution in [0.1, 0.15) is 38.8 Å². The molecule has 2 amide bonds. The van der Waals surface area contributed by atoms with E-state index in [9.17, 15) is 4.79 Å². The zero-order valence-electron chi connectivity index (χ0n) is 13.1. The van der Waals surface area contributed by atoms with Gasteiger partial charge in [0.05, 0.1) is 5.69 Å². The Morgan fingerprint density at radius 3 is 2.71 bits per heavy atom. The molecule has 0 atom stereocenters. The molecule has 6 heteroatoms. The van der Waals surface area contributed by atoms with Gasteiger partial charge in [-0.2, -0.15) is 0 Å². The lowest BCUT2D eigenvalue weighted by molar-refractivity contribution is 0.203. The maximum atomic E-state index is 11.8. The first-order valence-corrected chi connectivity index (χ1v) is 8.84. The molecule has 0 bridgehead atoms. The van der Waals surface area contributed by atoms with Gasteiger partial charge in [0.25, 0.3) is 0 Å². The van der Waals surface area contributed by atoms with Crippen molar-refractivity contribution in [2.24, 2.45) is 0 Å². The monoisotopic (exact) mass is 310 g/mol. The molecule has 21 heavy (non-hydrogen) atoms. The number of amides is 2. The van der Waals surface area contributed by atoms with Crippen molar-refractivity contribution in [3.8, 4) is 0 Å². The number of rotatable bonds is 6. The normalized spacial score (nSPS) is 15.0. The molecule has 5 nitrogen and oxygen atoms in total. The van der Waals surface area contributed by atoms with Crippen LogP contribution in [0, 0.1) is 0 Å². The van der Waals surface area contributed by atoms with E-state index < -0.39 is 0 Å². The maximum Gasteiger partial charge on any atom is 0.317 e. The van der Waals surface area contributed by atoms with Gasteiger partial charge in [0.1, 0.15) is 0 Å². The molecule has 1 aromatic rings. The minimum atomic E-state index is 0.0199. The summed E-state index contributed by atoms with van der Waals surface area (Å²) in [5.41, 5.74) is 1.08. The molecule has 1 N–H and O–H groups in total. The van der Waals surface area contributed by atoms with Gasteiger partial charge in [-0.3, -0.25) is 0 Å². The van der Waals surface area contributed by atoms with Gasteiger partial charge in [0.15, 0.2) is 5.13 Å². The number of thiazole rings is 1. The number of nitrogens with zero attached hydrogens (tertiary/aromatic N) is 3. The third-order valence-electron chi connectivity index (χ3n) is 3.87. The second-order valence-electron chi connectivity index (χ2n) is 5.32. The quantitative estimate of drug-likeness (QED) is 0.879. The number of nitrogens with one attached hydrogen (secondary N) is 1. The standard InChI is InChI=1S/C15H26N4OS/c1-3-18(4-2)14(20)16-9-8-13-12-21-15(17-13)19-10-6-5-7-11-19/h12H,3-11H2,1-2H3,(H,16,20). The number of hydrogen-bond acceptors (Lipinski definition) is 4. The molecule has 1 aliphatic heterocycles. The molecular formula is C15H26N4OS. The summed E-state index contributed by atoms with van der Waals surface area (Å²) < 4.78 is 0. The molecule has 2 heterocycles. The lowest BCUT2D eigenvalue weighted by atomic mass is 10.1. The second-order valence-corrected chi connectivity index (χ2v) is 6.16. The van der Waals surface area contributed by atoms with Crippen molar-refractivity contribution >= 4 is 22.5 Å². The molecule has 0 aliphatic carbocycles. The molecule has 0 aromatic carbocycles. The minimum absolute atomic E-state index is 0.0199. The number of carbonyl (C=O) groups is 1. The highest BCUT2D eigenvalue weighted by Crippen LogP contribution is 2.23. The fourth-order valence-electron chi connectivity index (χ4n) is 2.56. The summed E-state index contributed by atoms with van der Waals surface area (Å²) in [6.45, 7) is 8.40. The third-order valence-corrected chi connectivity index (χ3v) is 4.82. The van der Waals surface area contributed by atoms with Gasteiger partial charge in [-0.15, -0.1) is 11.3 Å². The molecule has 0 spiro atoms. The Labute approximate surface area is 131 Å². The number of carbonyl (C=O) groups excluding carboxylic acids is 1. The van der Waals surface area contributed by atoms with Gasteiger partial charge in [0.2, 0.25) is 0 Å². The summed E-state index contributed by atoms with van der Waals surface area (Å²) in [7, 11) is 0. The predicted molar refractivity (Wildman–Crippen MR) is 88.2 cm³/mol. The van der Waals surface area contributed by atoms with Crippen molar-refractivity contribution in [3.63, 3.8) is 0 Å². The number of aromatic nitrogens is 1. The first kappa shape index (κ1) is 16.1. The topological polar surface area (TPSA) is 48.5 Å². The highest BCUT2D eigenvalue weighted by Gasteiger charge is 2.14. The SMILES string of the molecule is CCN(CC)C(=O)NCCc1csc(N2CCCCC2)n1. The maximum absolute atomic E-state index is 11.8. The number of urea groups is 1. The van der Waals surface area contributed by atoms with E-state index in [0.29, 0.717) is 6.54 Å².